The molecule has 1 aliphatic carbocycles. The minimum absolute atomic E-state index is 0.258. The van der Waals surface area contributed by atoms with Crippen LogP contribution in [-0.2, 0) is 11.3 Å². The van der Waals surface area contributed by atoms with Crippen LogP contribution in [0.4, 0.5) is 0 Å². The number of ether oxygens (including phenoxy) is 1. The van der Waals surface area contributed by atoms with E-state index in [1.807, 2.05) is 6.07 Å². The van der Waals surface area contributed by atoms with Crippen molar-refractivity contribution in [1.29, 1.82) is 0 Å². The van der Waals surface area contributed by atoms with Gasteiger partial charge in [0.1, 0.15) is 0 Å². The maximum absolute atomic E-state index is 12.3. The summed E-state index contributed by atoms with van der Waals surface area (Å²) in [5, 5.41) is 5.11. The Hall–Kier alpha value is -2.59. The Morgan fingerprint density at radius 3 is 2.74 bits per heavy atom. The van der Waals surface area contributed by atoms with Crippen molar-refractivity contribution in [2.45, 2.75) is 57.0 Å². The number of methoxy groups -OCH3 is 1. The predicted molar refractivity (Wildman–Crippen MR) is 123 cm³/mol. The molecular weight excluding hydrogens is 384 g/mol. The third-order valence-electron chi connectivity index (χ3n) is 7.86. The van der Waals surface area contributed by atoms with Gasteiger partial charge in [-0.05, 0) is 60.9 Å². The molecule has 1 aromatic heterocycles. The monoisotopic (exact) mass is 414 g/mol. The summed E-state index contributed by atoms with van der Waals surface area (Å²) in [5.41, 5.74) is 7.57. The fraction of sp³-hybridized carbons (Fsp3) is 0.444. The number of carbonyl (C=O) groups is 1. The smallest absolute Gasteiger partial charge is 0.337 e. The summed E-state index contributed by atoms with van der Waals surface area (Å²) in [6.45, 7) is 2.07. The molecule has 0 radical (unpaired) electrons. The first-order chi connectivity index (χ1) is 15.3. The fourth-order valence-corrected chi connectivity index (χ4v) is 6.44. The molecule has 2 aromatic carbocycles. The lowest BCUT2D eigenvalue weighted by Gasteiger charge is -2.24. The summed E-state index contributed by atoms with van der Waals surface area (Å²) in [6.07, 6.45) is 7.68. The summed E-state index contributed by atoms with van der Waals surface area (Å²) < 4.78 is 7.59. The van der Waals surface area contributed by atoms with Gasteiger partial charge in [0.15, 0.2) is 0 Å². The van der Waals surface area contributed by atoms with E-state index in [2.05, 4.69) is 46.3 Å². The molecule has 0 spiro atoms. The van der Waals surface area contributed by atoms with Crippen LogP contribution in [0.25, 0.3) is 22.2 Å². The molecule has 0 unspecified atom stereocenters. The zero-order valence-corrected chi connectivity index (χ0v) is 18.2. The third-order valence-corrected chi connectivity index (χ3v) is 7.86. The highest BCUT2D eigenvalue weighted by Crippen LogP contribution is 2.49. The Morgan fingerprint density at radius 2 is 1.90 bits per heavy atom. The lowest BCUT2D eigenvalue weighted by Crippen LogP contribution is -2.19. The molecule has 31 heavy (non-hydrogen) atoms. The van der Waals surface area contributed by atoms with E-state index < -0.39 is 0 Å². The number of carbonyl (C=O) groups excluding carboxylic acids is 1. The lowest BCUT2D eigenvalue weighted by molar-refractivity contribution is 0.0601. The fourth-order valence-electron chi connectivity index (χ4n) is 6.44. The molecule has 3 heterocycles. The molecule has 0 amide bonds. The molecular formula is C27H30N2O2. The van der Waals surface area contributed by atoms with Crippen molar-refractivity contribution < 1.29 is 9.53 Å². The first-order valence-electron chi connectivity index (χ1n) is 11.8. The van der Waals surface area contributed by atoms with Gasteiger partial charge < -0.3 is 14.6 Å². The maximum atomic E-state index is 12.3. The molecule has 3 aliphatic rings. The van der Waals surface area contributed by atoms with Crippen molar-refractivity contribution in [3.8, 4) is 11.3 Å². The number of rotatable bonds is 2. The molecule has 1 saturated carbocycles. The summed E-state index contributed by atoms with van der Waals surface area (Å²) in [7, 11) is 1.46. The van der Waals surface area contributed by atoms with Crippen LogP contribution in [0.3, 0.4) is 0 Å². The van der Waals surface area contributed by atoms with E-state index in [9.17, 15) is 4.79 Å². The highest BCUT2D eigenvalue weighted by molar-refractivity contribution is 5.99. The molecule has 1 saturated heterocycles. The first-order valence-corrected chi connectivity index (χ1v) is 11.8. The van der Waals surface area contributed by atoms with Crippen molar-refractivity contribution >= 4 is 16.9 Å². The van der Waals surface area contributed by atoms with Gasteiger partial charge in [0, 0.05) is 29.1 Å². The van der Waals surface area contributed by atoms with Gasteiger partial charge in [-0.2, -0.15) is 0 Å². The van der Waals surface area contributed by atoms with Gasteiger partial charge in [0.2, 0.25) is 0 Å². The molecule has 0 bridgehead atoms. The topological polar surface area (TPSA) is 43.3 Å². The van der Waals surface area contributed by atoms with Crippen molar-refractivity contribution in [2.75, 3.05) is 13.7 Å². The second kappa shape index (κ2) is 7.52. The van der Waals surface area contributed by atoms with E-state index in [0.717, 1.165) is 13.1 Å². The number of hydrogen-bond donors (Lipinski definition) is 1. The third kappa shape index (κ3) is 2.95. The van der Waals surface area contributed by atoms with Crippen molar-refractivity contribution in [2.24, 2.45) is 5.92 Å². The zero-order chi connectivity index (χ0) is 20.9. The van der Waals surface area contributed by atoms with Crippen LogP contribution in [-0.4, -0.2) is 24.2 Å². The summed E-state index contributed by atoms with van der Waals surface area (Å²) in [5.74, 6) is 0.903. The molecule has 3 aromatic rings. The molecule has 1 N–H and O–H groups in total. The van der Waals surface area contributed by atoms with Gasteiger partial charge in [0.25, 0.3) is 0 Å². The highest BCUT2D eigenvalue weighted by Gasteiger charge is 2.37. The molecule has 4 nitrogen and oxygen atoms in total. The van der Waals surface area contributed by atoms with Crippen LogP contribution in [0.2, 0.25) is 0 Å². The number of aromatic nitrogens is 1. The van der Waals surface area contributed by atoms with E-state index in [0.29, 0.717) is 23.4 Å². The van der Waals surface area contributed by atoms with Crippen molar-refractivity contribution in [3.05, 3.63) is 59.2 Å². The van der Waals surface area contributed by atoms with Crippen LogP contribution in [0.15, 0.2) is 42.5 Å². The summed E-state index contributed by atoms with van der Waals surface area (Å²) >= 11 is 0. The van der Waals surface area contributed by atoms with Gasteiger partial charge in [-0.1, -0.05) is 49.6 Å². The molecule has 160 valence electrons. The molecule has 2 fully saturated rings. The molecule has 4 heteroatoms. The van der Waals surface area contributed by atoms with Crippen LogP contribution in [0, 0.1) is 5.92 Å². The summed E-state index contributed by atoms with van der Waals surface area (Å²) in [6, 6.07) is 15.6. The van der Waals surface area contributed by atoms with Gasteiger partial charge in [-0.15, -0.1) is 0 Å². The van der Waals surface area contributed by atoms with Crippen LogP contribution in [0.1, 0.15) is 72.0 Å². The average molecular weight is 415 g/mol. The number of hydrogen-bond acceptors (Lipinski definition) is 3. The van der Waals surface area contributed by atoms with Gasteiger partial charge in [-0.25, -0.2) is 4.79 Å². The van der Waals surface area contributed by atoms with Gasteiger partial charge >= 0.3 is 5.97 Å². The maximum Gasteiger partial charge on any atom is 0.337 e. The normalized spacial score (nSPS) is 23.1. The molecule has 2 aliphatic heterocycles. The second-order valence-corrected chi connectivity index (χ2v) is 9.50. The van der Waals surface area contributed by atoms with Crippen LogP contribution < -0.4 is 5.32 Å². The highest BCUT2D eigenvalue weighted by atomic mass is 16.5. The van der Waals surface area contributed by atoms with Crippen LogP contribution >= 0.6 is 0 Å². The number of nitrogens with zero attached hydrogens (tertiary/aromatic N) is 1. The second-order valence-electron chi connectivity index (χ2n) is 9.50. The number of esters is 1. The van der Waals surface area contributed by atoms with E-state index >= 15 is 0 Å². The largest absolute Gasteiger partial charge is 0.465 e. The molecule has 2 atom stereocenters. The Morgan fingerprint density at radius 1 is 1.06 bits per heavy atom. The first kappa shape index (κ1) is 19.1. The molecule has 6 rings (SSSR count). The van der Waals surface area contributed by atoms with Crippen LogP contribution in [0.5, 0.6) is 0 Å². The number of benzene rings is 2. The van der Waals surface area contributed by atoms with Crippen molar-refractivity contribution in [3.63, 3.8) is 0 Å². The predicted octanol–water partition coefficient (Wildman–Crippen LogP) is 5.81. The Bertz CT molecular complexity index is 1160. The zero-order valence-electron chi connectivity index (χ0n) is 18.2. The van der Waals surface area contributed by atoms with Gasteiger partial charge in [0.05, 0.1) is 18.4 Å². The van der Waals surface area contributed by atoms with Crippen molar-refractivity contribution in [1.82, 2.24) is 9.88 Å². The summed E-state index contributed by atoms with van der Waals surface area (Å²) in [4.78, 5) is 12.3. The number of nitrogens with one attached hydrogen (secondary N) is 1. The van der Waals surface area contributed by atoms with E-state index in [-0.39, 0.29) is 5.97 Å². The minimum atomic E-state index is -0.258. The van der Waals surface area contributed by atoms with E-state index in [1.165, 1.54) is 78.9 Å². The van der Waals surface area contributed by atoms with E-state index in [1.54, 1.807) is 0 Å². The lowest BCUT2D eigenvalue weighted by atomic mass is 9.81. The number of fused-ring (bicyclic) bond motifs is 7. The minimum Gasteiger partial charge on any atom is -0.465 e. The standard InChI is InChI=1S/C27H30N2O2/c1-31-27(30)18-11-12-22-23(15-18)29-16-19-13-14-28-25(19)20-9-5-6-10-21(20)26(29)24(22)17-7-3-2-4-8-17/h5-6,9-12,15,17,19,25,28H,2-4,7-8,13-14,16H2,1H3/t19-,25+/m0/s1. The average Bonchev–Trinajstić information content (AvgIpc) is 3.38. The van der Waals surface area contributed by atoms with Gasteiger partial charge in [-0.3, -0.25) is 0 Å². The quantitative estimate of drug-likeness (QED) is 0.539. The SMILES string of the molecule is COC(=O)c1ccc2c(C3CCCCC3)c3n(c2c1)C[C@@H]1CCN[C@H]1c1ccccc1-3. The Labute approximate surface area is 183 Å². The Kier molecular flexibility index (Phi) is 4.64. The van der Waals surface area contributed by atoms with E-state index in [4.69, 9.17) is 4.74 Å². The Balaban J connectivity index is 1.66.